The van der Waals surface area contributed by atoms with Crippen molar-refractivity contribution in [2.45, 2.75) is 44.2 Å². The van der Waals surface area contributed by atoms with Crippen LogP contribution >= 0.6 is 0 Å². The summed E-state index contributed by atoms with van der Waals surface area (Å²) in [6.45, 7) is 5.57. The molecule has 0 bridgehead atoms. The highest BCUT2D eigenvalue weighted by molar-refractivity contribution is 7.89. The maximum atomic E-state index is 12.5. The lowest BCUT2D eigenvalue weighted by molar-refractivity contribution is 0.257. The van der Waals surface area contributed by atoms with Crippen LogP contribution in [0.15, 0.2) is 29.2 Å². The highest BCUT2D eigenvalue weighted by atomic mass is 32.2. The van der Waals surface area contributed by atoms with Gasteiger partial charge in [-0.15, -0.1) is 0 Å². The van der Waals surface area contributed by atoms with Gasteiger partial charge in [0.05, 0.1) is 11.5 Å². The van der Waals surface area contributed by atoms with Crippen LogP contribution in [-0.2, 0) is 16.6 Å². The average Bonchev–Trinajstić information content (AvgIpc) is 2.37. The van der Waals surface area contributed by atoms with Crippen LogP contribution in [0.5, 0.6) is 0 Å². The Morgan fingerprint density at radius 1 is 1.33 bits per heavy atom. The van der Waals surface area contributed by atoms with Crippen molar-refractivity contribution >= 4 is 10.0 Å². The van der Waals surface area contributed by atoms with Gasteiger partial charge in [-0.2, -0.15) is 4.31 Å². The lowest BCUT2D eigenvalue weighted by atomic mass is 10.0. The van der Waals surface area contributed by atoms with Gasteiger partial charge in [0.25, 0.3) is 0 Å². The summed E-state index contributed by atoms with van der Waals surface area (Å²) in [5.74, 6) is 0. The van der Waals surface area contributed by atoms with Gasteiger partial charge in [0.2, 0.25) is 10.0 Å². The van der Waals surface area contributed by atoms with E-state index in [0.29, 0.717) is 5.56 Å². The predicted octanol–water partition coefficient (Wildman–Crippen LogP) is 1.99. The van der Waals surface area contributed by atoms with Crippen molar-refractivity contribution in [3.05, 3.63) is 29.8 Å². The van der Waals surface area contributed by atoms with Gasteiger partial charge in [0.1, 0.15) is 0 Å². The first-order valence-corrected chi connectivity index (χ1v) is 7.38. The van der Waals surface area contributed by atoms with Crippen molar-refractivity contribution in [1.29, 1.82) is 0 Å². The van der Waals surface area contributed by atoms with Crippen LogP contribution in [0.2, 0.25) is 0 Å². The Morgan fingerprint density at radius 2 is 1.94 bits per heavy atom. The smallest absolute Gasteiger partial charge is 0.243 e. The second-order valence-electron chi connectivity index (χ2n) is 4.94. The molecular formula is C13H21NO3S. The summed E-state index contributed by atoms with van der Waals surface area (Å²) in [4.78, 5) is 0.220. The second kappa shape index (κ2) is 5.38. The van der Waals surface area contributed by atoms with Crippen LogP contribution in [0.3, 0.4) is 0 Å². The van der Waals surface area contributed by atoms with Crippen LogP contribution in [0.1, 0.15) is 32.8 Å². The number of aliphatic hydroxyl groups is 1. The van der Waals surface area contributed by atoms with Crippen molar-refractivity contribution in [3.8, 4) is 0 Å². The number of hydrogen-bond acceptors (Lipinski definition) is 3. The summed E-state index contributed by atoms with van der Waals surface area (Å²) in [6.07, 6.45) is 0.725. The number of sulfonamides is 1. The van der Waals surface area contributed by atoms with Crippen LogP contribution in [-0.4, -0.2) is 30.4 Å². The fourth-order valence-corrected chi connectivity index (χ4v) is 3.16. The number of benzene rings is 1. The van der Waals surface area contributed by atoms with Gasteiger partial charge in [0, 0.05) is 12.6 Å². The first-order valence-electron chi connectivity index (χ1n) is 5.94. The van der Waals surface area contributed by atoms with E-state index < -0.39 is 15.6 Å². The summed E-state index contributed by atoms with van der Waals surface area (Å²) in [5, 5.41) is 9.06. The number of nitrogens with zero attached hydrogens (tertiary/aromatic N) is 1. The highest BCUT2D eigenvalue weighted by Crippen LogP contribution is 2.25. The maximum absolute atomic E-state index is 12.5. The Labute approximate surface area is 109 Å². The third-order valence-corrected chi connectivity index (χ3v) is 5.52. The van der Waals surface area contributed by atoms with E-state index in [1.54, 1.807) is 25.2 Å². The van der Waals surface area contributed by atoms with E-state index in [2.05, 4.69) is 0 Å². The van der Waals surface area contributed by atoms with E-state index in [4.69, 9.17) is 5.11 Å². The Kier molecular flexibility index (Phi) is 4.53. The van der Waals surface area contributed by atoms with Gasteiger partial charge < -0.3 is 5.11 Å². The minimum atomic E-state index is -3.52. The molecule has 0 amide bonds. The molecule has 0 aromatic heterocycles. The maximum Gasteiger partial charge on any atom is 0.243 e. The molecule has 0 aliphatic heterocycles. The van der Waals surface area contributed by atoms with Gasteiger partial charge in [-0.05, 0) is 38.0 Å². The summed E-state index contributed by atoms with van der Waals surface area (Å²) in [7, 11) is -1.93. The Morgan fingerprint density at radius 3 is 2.44 bits per heavy atom. The van der Waals surface area contributed by atoms with Gasteiger partial charge in [-0.1, -0.05) is 19.1 Å². The summed E-state index contributed by atoms with van der Waals surface area (Å²) >= 11 is 0. The zero-order chi connectivity index (χ0) is 14.0. The van der Waals surface area contributed by atoms with E-state index in [-0.39, 0.29) is 11.5 Å². The normalized spacial score (nSPS) is 13.0. The van der Waals surface area contributed by atoms with Crippen molar-refractivity contribution in [2.24, 2.45) is 0 Å². The van der Waals surface area contributed by atoms with Gasteiger partial charge in [-0.3, -0.25) is 0 Å². The fraction of sp³-hybridized carbons (Fsp3) is 0.538. The summed E-state index contributed by atoms with van der Waals surface area (Å²) in [6, 6.07) is 6.41. The molecule has 1 aromatic carbocycles. The Balaban J connectivity index is 3.21. The molecule has 18 heavy (non-hydrogen) atoms. The molecule has 1 rings (SSSR count). The van der Waals surface area contributed by atoms with Gasteiger partial charge >= 0.3 is 0 Å². The zero-order valence-corrected chi connectivity index (χ0v) is 12.2. The van der Waals surface area contributed by atoms with Crippen LogP contribution in [0.4, 0.5) is 0 Å². The van der Waals surface area contributed by atoms with E-state index >= 15 is 0 Å². The zero-order valence-electron chi connectivity index (χ0n) is 11.3. The highest BCUT2D eigenvalue weighted by Gasteiger charge is 2.32. The van der Waals surface area contributed by atoms with Crippen molar-refractivity contribution in [2.75, 3.05) is 7.05 Å². The molecule has 0 spiro atoms. The molecular weight excluding hydrogens is 250 g/mol. The minimum Gasteiger partial charge on any atom is -0.392 e. The molecule has 5 heteroatoms. The minimum absolute atomic E-state index is 0.162. The molecule has 4 nitrogen and oxygen atoms in total. The van der Waals surface area contributed by atoms with Crippen LogP contribution < -0.4 is 0 Å². The molecule has 0 unspecified atom stereocenters. The molecule has 0 fully saturated rings. The first kappa shape index (κ1) is 15.1. The fourth-order valence-electron chi connectivity index (χ4n) is 1.51. The van der Waals surface area contributed by atoms with E-state index in [1.165, 1.54) is 10.4 Å². The molecule has 102 valence electrons. The van der Waals surface area contributed by atoms with Gasteiger partial charge in [-0.25, -0.2) is 8.42 Å². The third-order valence-electron chi connectivity index (χ3n) is 3.46. The van der Waals surface area contributed by atoms with Crippen molar-refractivity contribution in [3.63, 3.8) is 0 Å². The molecule has 1 N–H and O–H groups in total. The van der Waals surface area contributed by atoms with Crippen LogP contribution in [0, 0.1) is 0 Å². The second-order valence-corrected chi connectivity index (χ2v) is 6.91. The molecule has 0 heterocycles. The van der Waals surface area contributed by atoms with Crippen molar-refractivity contribution < 1.29 is 13.5 Å². The summed E-state index contributed by atoms with van der Waals surface area (Å²) < 4.78 is 26.3. The lowest BCUT2D eigenvalue weighted by Crippen LogP contribution is -2.44. The predicted molar refractivity (Wildman–Crippen MR) is 71.7 cm³/mol. The van der Waals surface area contributed by atoms with Crippen LogP contribution in [0.25, 0.3) is 0 Å². The molecule has 0 atom stereocenters. The molecule has 0 saturated carbocycles. The molecule has 0 aliphatic rings. The Hall–Kier alpha value is -0.910. The van der Waals surface area contributed by atoms with Gasteiger partial charge in [0.15, 0.2) is 0 Å². The standard InChI is InChI=1S/C13H21NO3S/c1-5-13(2,3)14(4)18(16,17)12-8-6-7-11(9-12)10-15/h6-9,15H,5,10H2,1-4H3. The quantitative estimate of drug-likeness (QED) is 0.891. The SMILES string of the molecule is CCC(C)(C)N(C)S(=O)(=O)c1cccc(CO)c1. The van der Waals surface area contributed by atoms with E-state index in [9.17, 15) is 8.42 Å². The third kappa shape index (κ3) is 2.91. The number of aliphatic hydroxyl groups excluding tert-OH is 1. The number of rotatable bonds is 5. The van der Waals surface area contributed by atoms with E-state index in [0.717, 1.165) is 6.42 Å². The average molecular weight is 271 g/mol. The van der Waals surface area contributed by atoms with E-state index in [1.807, 2.05) is 20.8 Å². The Bertz CT molecular complexity index is 509. The lowest BCUT2D eigenvalue weighted by Gasteiger charge is -2.33. The topological polar surface area (TPSA) is 57.6 Å². The van der Waals surface area contributed by atoms with Crippen molar-refractivity contribution in [1.82, 2.24) is 4.31 Å². The molecule has 1 aromatic rings. The monoisotopic (exact) mass is 271 g/mol. The molecule has 0 saturated heterocycles. The number of hydrogen-bond donors (Lipinski definition) is 1. The molecule has 0 radical (unpaired) electrons. The largest absolute Gasteiger partial charge is 0.392 e. The summed E-state index contributed by atoms with van der Waals surface area (Å²) in [5.41, 5.74) is 0.160. The first-order chi connectivity index (χ1) is 8.25. The molecule has 0 aliphatic carbocycles.